The van der Waals surface area contributed by atoms with Gasteiger partial charge in [0.25, 0.3) is 5.69 Å². The summed E-state index contributed by atoms with van der Waals surface area (Å²) in [6.07, 6.45) is -0.00940. The van der Waals surface area contributed by atoms with Gasteiger partial charge < -0.3 is 25.3 Å². The summed E-state index contributed by atoms with van der Waals surface area (Å²) in [5.41, 5.74) is 5.68. The van der Waals surface area contributed by atoms with E-state index in [1.54, 1.807) is 0 Å². The third-order valence-electron chi connectivity index (χ3n) is 3.96. The highest BCUT2D eigenvalue weighted by Crippen LogP contribution is 2.38. The molecular weight excluding hydrogens is 358 g/mol. The van der Waals surface area contributed by atoms with Crippen molar-refractivity contribution in [3.63, 3.8) is 0 Å². The second kappa shape index (κ2) is 10.3. The number of methoxy groups -OCH3 is 2. The Kier molecular flexibility index (Phi) is 8.46. The lowest BCUT2D eigenvalue weighted by atomic mass is 10.1. The van der Waals surface area contributed by atoms with Gasteiger partial charge >= 0.3 is 5.97 Å². The van der Waals surface area contributed by atoms with Crippen LogP contribution < -0.4 is 20.5 Å². The Hall–Kier alpha value is -2.88. The van der Waals surface area contributed by atoms with Gasteiger partial charge in [-0.05, 0) is 25.8 Å². The van der Waals surface area contributed by atoms with Crippen molar-refractivity contribution >= 4 is 17.6 Å². The molecule has 10 heteroatoms. The maximum Gasteiger partial charge on any atom is 0.323 e. The molecule has 3 N–H and O–H groups in total. The van der Waals surface area contributed by atoms with Gasteiger partial charge in [-0.2, -0.15) is 0 Å². The Morgan fingerprint density at radius 1 is 1.26 bits per heavy atom. The molecule has 1 aromatic carbocycles. The quantitative estimate of drug-likeness (QED) is 0.351. The first-order valence-corrected chi connectivity index (χ1v) is 8.32. The lowest BCUT2D eigenvalue weighted by Crippen LogP contribution is -2.33. The molecule has 0 aliphatic carbocycles. The summed E-state index contributed by atoms with van der Waals surface area (Å²) in [7, 11) is 4.28. The Morgan fingerprint density at radius 2 is 1.85 bits per heavy atom. The average Bonchev–Trinajstić information content (AvgIpc) is 2.65. The van der Waals surface area contributed by atoms with Gasteiger partial charge in [-0.1, -0.05) is 0 Å². The van der Waals surface area contributed by atoms with Crippen LogP contribution in [0.25, 0.3) is 0 Å². The topological polar surface area (TPSA) is 143 Å². The second-order valence-electron chi connectivity index (χ2n) is 5.77. The van der Waals surface area contributed by atoms with Crippen LogP contribution in [0.5, 0.6) is 11.5 Å². The van der Waals surface area contributed by atoms with E-state index in [-0.39, 0.29) is 41.5 Å². The van der Waals surface area contributed by atoms with Crippen molar-refractivity contribution < 1.29 is 28.7 Å². The van der Waals surface area contributed by atoms with Crippen molar-refractivity contribution in [2.24, 2.45) is 5.73 Å². The van der Waals surface area contributed by atoms with E-state index in [1.165, 1.54) is 40.3 Å². The maximum atomic E-state index is 12.2. The fraction of sp³-hybridized carbons (Fsp3) is 0.529. The van der Waals surface area contributed by atoms with Crippen LogP contribution in [-0.2, 0) is 14.3 Å². The summed E-state index contributed by atoms with van der Waals surface area (Å²) < 4.78 is 15.5. The number of nitrogens with zero attached hydrogens (tertiary/aromatic N) is 1. The first kappa shape index (κ1) is 22.2. The predicted octanol–water partition coefficient (Wildman–Crippen LogP) is 1.46. The Bertz CT molecular complexity index is 693. The number of nitrogens with one attached hydrogen (secondary N) is 1. The van der Waals surface area contributed by atoms with Crippen molar-refractivity contribution in [1.29, 1.82) is 0 Å². The molecule has 0 spiro atoms. The Labute approximate surface area is 157 Å². The minimum Gasteiger partial charge on any atom is -0.493 e. The number of amides is 1. The molecule has 150 valence electrons. The number of ether oxygens (including phenoxy) is 3. The van der Waals surface area contributed by atoms with Crippen molar-refractivity contribution in [3.05, 3.63) is 27.8 Å². The first-order chi connectivity index (χ1) is 12.7. The van der Waals surface area contributed by atoms with Crippen molar-refractivity contribution in [1.82, 2.24) is 5.32 Å². The van der Waals surface area contributed by atoms with Gasteiger partial charge in [-0.25, -0.2) is 0 Å². The van der Waals surface area contributed by atoms with Gasteiger partial charge in [0.2, 0.25) is 5.91 Å². The molecule has 2 unspecified atom stereocenters. The number of esters is 1. The fourth-order valence-electron chi connectivity index (χ4n) is 2.42. The highest BCUT2D eigenvalue weighted by atomic mass is 16.6. The second-order valence-corrected chi connectivity index (χ2v) is 5.77. The van der Waals surface area contributed by atoms with Gasteiger partial charge in [-0.3, -0.25) is 19.7 Å². The zero-order valence-corrected chi connectivity index (χ0v) is 15.8. The Morgan fingerprint density at radius 3 is 2.37 bits per heavy atom. The van der Waals surface area contributed by atoms with Crippen LogP contribution in [0.15, 0.2) is 12.1 Å². The Balaban J connectivity index is 2.88. The van der Waals surface area contributed by atoms with Crippen LogP contribution in [0, 0.1) is 10.1 Å². The third kappa shape index (κ3) is 6.10. The molecule has 10 nitrogen and oxygen atoms in total. The molecule has 0 saturated carbocycles. The lowest BCUT2D eigenvalue weighted by molar-refractivity contribution is -0.386. The lowest BCUT2D eigenvalue weighted by Gasteiger charge is -2.18. The fourth-order valence-corrected chi connectivity index (χ4v) is 2.42. The normalized spacial score (nSPS) is 12.6. The molecule has 1 amide bonds. The van der Waals surface area contributed by atoms with E-state index in [0.29, 0.717) is 6.42 Å². The third-order valence-corrected chi connectivity index (χ3v) is 3.96. The molecule has 27 heavy (non-hydrogen) atoms. The number of nitrogens with two attached hydrogens (primary N) is 1. The molecule has 0 saturated heterocycles. The molecule has 0 aliphatic rings. The predicted molar refractivity (Wildman–Crippen MR) is 96.6 cm³/mol. The molecule has 0 bridgehead atoms. The molecule has 0 aromatic heterocycles. The molecule has 1 rings (SSSR count). The van der Waals surface area contributed by atoms with E-state index in [1.807, 2.05) is 0 Å². The summed E-state index contributed by atoms with van der Waals surface area (Å²) in [5.74, 6) is -0.387. The number of nitro benzene ring substituents is 1. The molecule has 0 fully saturated rings. The summed E-state index contributed by atoms with van der Waals surface area (Å²) in [4.78, 5) is 34.1. The van der Waals surface area contributed by atoms with Gasteiger partial charge in [-0.15, -0.1) is 0 Å². The molecule has 0 radical (unpaired) electrons. The number of carbonyl (C=O) groups excluding carboxylic acids is 2. The van der Waals surface area contributed by atoms with Crippen LogP contribution in [0.3, 0.4) is 0 Å². The highest BCUT2D eigenvalue weighted by molar-refractivity contribution is 5.77. The smallest absolute Gasteiger partial charge is 0.323 e. The van der Waals surface area contributed by atoms with Crippen LogP contribution in [0.4, 0.5) is 5.69 Å². The molecular formula is C17H25N3O7. The van der Waals surface area contributed by atoms with E-state index in [0.717, 1.165) is 0 Å². The summed E-state index contributed by atoms with van der Waals surface area (Å²) in [5, 5.41) is 13.8. The summed E-state index contributed by atoms with van der Waals surface area (Å²) in [6, 6.07) is 1.67. The van der Waals surface area contributed by atoms with Crippen molar-refractivity contribution in [3.8, 4) is 11.5 Å². The molecule has 1 aromatic rings. The molecule has 0 aliphatic heterocycles. The van der Waals surface area contributed by atoms with E-state index < -0.39 is 23.0 Å². The number of carbonyl (C=O) groups is 2. The zero-order valence-electron chi connectivity index (χ0n) is 15.8. The van der Waals surface area contributed by atoms with E-state index in [9.17, 15) is 19.7 Å². The number of benzene rings is 1. The highest BCUT2D eigenvalue weighted by Gasteiger charge is 2.27. The van der Waals surface area contributed by atoms with Gasteiger partial charge in [0, 0.05) is 13.5 Å². The number of rotatable bonds is 10. The molecule has 0 heterocycles. The molecule has 2 atom stereocenters. The zero-order chi connectivity index (χ0) is 20.6. The van der Waals surface area contributed by atoms with Gasteiger partial charge in [0.05, 0.1) is 30.8 Å². The minimum atomic E-state index is -0.934. The van der Waals surface area contributed by atoms with Gasteiger partial charge in [0.15, 0.2) is 11.5 Å². The van der Waals surface area contributed by atoms with Crippen molar-refractivity contribution in [2.45, 2.75) is 38.3 Å². The van der Waals surface area contributed by atoms with E-state index in [2.05, 4.69) is 5.32 Å². The van der Waals surface area contributed by atoms with Crippen LogP contribution in [0.2, 0.25) is 0 Å². The van der Waals surface area contributed by atoms with E-state index in [4.69, 9.17) is 19.9 Å². The van der Waals surface area contributed by atoms with Crippen LogP contribution in [0.1, 0.15) is 37.9 Å². The first-order valence-electron chi connectivity index (χ1n) is 8.32. The largest absolute Gasteiger partial charge is 0.493 e. The monoisotopic (exact) mass is 383 g/mol. The minimum absolute atomic E-state index is 0.148. The standard InChI is InChI=1S/C17H25N3O7/c1-10(27-17(22)12(18)6-5-7-16(21)19-2)11-8-14(25-3)15(26-4)9-13(11)20(23)24/h8-10,12H,5-7,18H2,1-4H3,(H,19,21). The van der Waals surface area contributed by atoms with Crippen LogP contribution in [-0.4, -0.2) is 44.1 Å². The van der Waals surface area contributed by atoms with Crippen molar-refractivity contribution in [2.75, 3.05) is 21.3 Å². The number of hydrogen-bond donors (Lipinski definition) is 2. The van der Waals surface area contributed by atoms with E-state index >= 15 is 0 Å². The van der Waals surface area contributed by atoms with Gasteiger partial charge in [0.1, 0.15) is 12.1 Å². The van der Waals surface area contributed by atoms with Crippen LogP contribution >= 0.6 is 0 Å². The SMILES string of the molecule is CNC(=O)CCCC(N)C(=O)OC(C)c1cc(OC)c(OC)cc1[N+](=O)[O-]. The maximum absolute atomic E-state index is 12.2. The number of nitro groups is 1. The number of hydrogen-bond acceptors (Lipinski definition) is 8. The summed E-state index contributed by atoms with van der Waals surface area (Å²) in [6.45, 7) is 1.50. The summed E-state index contributed by atoms with van der Waals surface area (Å²) >= 11 is 0. The average molecular weight is 383 g/mol.